The van der Waals surface area contributed by atoms with E-state index < -0.39 is 0 Å². The number of hydrogen-bond acceptors (Lipinski definition) is 2. The fourth-order valence-electron chi connectivity index (χ4n) is 0.969. The van der Waals surface area contributed by atoms with Crippen LogP contribution in [0.4, 0.5) is 0 Å². The van der Waals surface area contributed by atoms with Crippen molar-refractivity contribution in [2.24, 2.45) is 0 Å². The smallest absolute Gasteiger partial charge is 0.223 e. The van der Waals surface area contributed by atoms with Gasteiger partial charge in [0, 0.05) is 24.9 Å². The molecule has 0 aromatic rings. The van der Waals surface area contributed by atoms with Gasteiger partial charge in [0.15, 0.2) is 0 Å². The second kappa shape index (κ2) is 3.10. The van der Waals surface area contributed by atoms with Crippen LogP contribution in [0.3, 0.4) is 0 Å². The highest BCUT2D eigenvalue weighted by Crippen LogP contribution is 2.17. The maximum absolute atomic E-state index is 10.9. The van der Waals surface area contributed by atoms with E-state index in [1.807, 2.05) is 12.3 Å². The molecule has 0 saturated heterocycles. The van der Waals surface area contributed by atoms with Crippen molar-refractivity contribution < 1.29 is 4.79 Å². The molecule has 1 amide bonds. The molecule has 1 heterocycles. The van der Waals surface area contributed by atoms with Gasteiger partial charge in [0.05, 0.1) is 0 Å². The average molecular weight is 157 g/mol. The summed E-state index contributed by atoms with van der Waals surface area (Å²) in [7, 11) is 0. The van der Waals surface area contributed by atoms with Gasteiger partial charge in [0.25, 0.3) is 0 Å². The van der Waals surface area contributed by atoms with E-state index in [1.165, 1.54) is 0 Å². The molecular weight excluding hydrogens is 146 g/mol. The van der Waals surface area contributed by atoms with Crippen molar-refractivity contribution in [2.45, 2.75) is 13.8 Å². The Bertz CT molecular complexity index is 176. The first-order valence-electron chi connectivity index (χ1n) is 3.28. The standard InChI is InChI=1S/C7H11NOS/c1-6-5-10-4-3-8(6)7(2)9/h5H,3-4H2,1-2H3. The normalized spacial score (nSPS) is 18.6. The van der Waals surface area contributed by atoms with Crippen LogP contribution in [0.2, 0.25) is 0 Å². The molecule has 0 bridgehead atoms. The Morgan fingerprint density at radius 3 is 2.90 bits per heavy atom. The van der Waals surface area contributed by atoms with Crippen molar-refractivity contribution in [3.8, 4) is 0 Å². The monoisotopic (exact) mass is 157 g/mol. The molecule has 0 aliphatic carbocycles. The first-order chi connectivity index (χ1) is 4.72. The fraction of sp³-hybridized carbons (Fsp3) is 0.571. The fourth-order valence-corrected chi connectivity index (χ4v) is 1.74. The van der Waals surface area contributed by atoms with Gasteiger partial charge in [-0.3, -0.25) is 4.79 Å². The van der Waals surface area contributed by atoms with E-state index in [0.29, 0.717) is 0 Å². The molecule has 0 atom stereocenters. The maximum atomic E-state index is 10.9. The summed E-state index contributed by atoms with van der Waals surface area (Å²) in [5.74, 6) is 1.17. The van der Waals surface area contributed by atoms with Crippen LogP contribution < -0.4 is 0 Å². The van der Waals surface area contributed by atoms with Crippen molar-refractivity contribution in [3.05, 3.63) is 11.1 Å². The minimum absolute atomic E-state index is 0.147. The van der Waals surface area contributed by atoms with Crippen LogP contribution in [-0.2, 0) is 4.79 Å². The van der Waals surface area contributed by atoms with Gasteiger partial charge in [-0.2, -0.15) is 0 Å². The molecule has 0 aromatic heterocycles. The molecule has 56 valence electrons. The van der Waals surface area contributed by atoms with E-state index in [4.69, 9.17) is 0 Å². The lowest BCUT2D eigenvalue weighted by Crippen LogP contribution is -2.30. The zero-order chi connectivity index (χ0) is 7.56. The third-order valence-electron chi connectivity index (χ3n) is 1.49. The molecule has 3 heteroatoms. The van der Waals surface area contributed by atoms with Crippen molar-refractivity contribution >= 4 is 17.7 Å². The summed E-state index contributed by atoms with van der Waals surface area (Å²) in [5, 5.41) is 2.03. The van der Waals surface area contributed by atoms with E-state index in [1.54, 1.807) is 23.6 Å². The van der Waals surface area contributed by atoms with Gasteiger partial charge in [-0.05, 0) is 12.3 Å². The number of hydrogen-bond donors (Lipinski definition) is 0. The number of allylic oxidation sites excluding steroid dienone is 1. The number of rotatable bonds is 0. The van der Waals surface area contributed by atoms with Gasteiger partial charge in [0.2, 0.25) is 5.91 Å². The Hall–Kier alpha value is -0.440. The van der Waals surface area contributed by atoms with E-state index in [9.17, 15) is 4.79 Å². The van der Waals surface area contributed by atoms with E-state index in [-0.39, 0.29) is 5.91 Å². The average Bonchev–Trinajstić information content (AvgIpc) is 1.88. The Morgan fingerprint density at radius 2 is 2.50 bits per heavy atom. The van der Waals surface area contributed by atoms with E-state index >= 15 is 0 Å². The first-order valence-corrected chi connectivity index (χ1v) is 4.33. The van der Waals surface area contributed by atoms with Crippen LogP contribution in [-0.4, -0.2) is 23.1 Å². The Morgan fingerprint density at radius 1 is 1.80 bits per heavy atom. The van der Waals surface area contributed by atoms with Crippen molar-refractivity contribution in [1.29, 1.82) is 0 Å². The van der Waals surface area contributed by atoms with Gasteiger partial charge < -0.3 is 4.90 Å². The molecule has 0 N–H and O–H groups in total. The molecule has 0 unspecified atom stereocenters. The van der Waals surface area contributed by atoms with Gasteiger partial charge in [-0.15, -0.1) is 11.8 Å². The van der Waals surface area contributed by atoms with Crippen molar-refractivity contribution in [3.63, 3.8) is 0 Å². The molecule has 0 saturated carbocycles. The zero-order valence-corrected chi connectivity index (χ0v) is 7.07. The maximum Gasteiger partial charge on any atom is 0.223 e. The third kappa shape index (κ3) is 1.53. The summed E-state index contributed by atoms with van der Waals surface area (Å²) in [5.41, 5.74) is 1.07. The molecule has 10 heavy (non-hydrogen) atoms. The number of carbonyl (C=O) groups is 1. The van der Waals surface area contributed by atoms with Crippen LogP contribution >= 0.6 is 11.8 Å². The lowest BCUT2D eigenvalue weighted by Gasteiger charge is -2.24. The quantitative estimate of drug-likeness (QED) is 0.530. The molecule has 0 spiro atoms. The molecule has 1 aliphatic rings. The minimum atomic E-state index is 0.147. The Balaban J connectivity index is 2.67. The highest BCUT2D eigenvalue weighted by atomic mass is 32.2. The van der Waals surface area contributed by atoms with Crippen molar-refractivity contribution in [1.82, 2.24) is 4.90 Å². The van der Waals surface area contributed by atoms with Gasteiger partial charge >= 0.3 is 0 Å². The second-order valence-electron chi connectivity index (χ2n) is 2.30. The molecule has 0 aromatic carbocycles. The summed E-state index contributed by atoms with van der Waals surface area (Å²) in [6.07, 6.45) is 0. The topological polar surface area (TPSA) is 20.3 Å². The Labute approximate surface area is 65.3 Å². The van der Waals surface area contributed by atoms with E-state index in [0.717, 1.165) is 18.0 Å². The lowest BCUT2D eigenvalue weighted by molar-refractivity contribution is -0.126. The summed E-state index contributed by atoms with van der Waals surface area (Å²) >= 11 is 1.77. The first kappa shape index (κ1) is 7.66. The summed E-state index contributed by atoms with van der Waals surface area (Å²) in [6.45, 7) is 4.43. The largest absolute Gasteiger partial charge is 0.315 e. The Kier molecular flexibility index (Phi) is 2.38. The van der Waals surface area contributed by atoms with Gasteiger partial charge in [0.1, 0.15) is 0 Å². The summed E-state index contributed by atoms with van der Waals surface area (Å²) < 4.78 is 0. The minimum Gasteiger partial charge on any atom is -0.315 e. The highest BCUT2D eigenvalue weighted by molar-refractivity contribution is 8.02. The molecular formula is C7H11NOS. The highest BCUT2D eigenvalue weighted by Gasteiger charge is 2.12. The van der Waals surface area contributed by atoms with Crippen LogP contribution in [0.5, 0.6) is 0 Å². The second-order valence-corrected chi connectivity index (χ2v) is 3.28. The van der Waals surface area contributed by atoms with Gasteiger partial charge in [-0.1, -0.05) is 0 Å². The SMILES string of the molecule is CC(=O)N1CCSC=C1C. The van der Waals surface area contributed by atoms with Gasteiger partial charge in [-0.25, -0.2) is 0 Å². The summed E-state index contributed by atoms with van der Waals surface area (Å²) in [4.78, 5) is 12.7. The third-order valence-corrected chi connectivity index (χ3v) is 2.42. The van der Waals surface area contributed by atoms with Crippen LogP contribution in [0.25, 0.3) is 0 Å². The van der Waals surface area contributed by atoms with Crippen LogP contribution in [0.15, 0.2) is 11.1 Å². The molecule has 0 fully saturated rings. The number of carbonyl (C=O) groups excluding carboxylic acids is 1. The predicted octanol–water partition coefficient (Wildman–Crippen LogP) is 1.44. The van der Waals surface area contributed by atoms with Crippen molar-refractivity contribution in [2.75, 3.05) is 12.3 Å². The lowest BCUT2D eigenvalue weighted by atomic mass is 10.4. The molecule has 1 aliphatic heterocycles. The predicted molar refractivity (Wildman–Crippen MR) is 43.6 cm³/mol. The molecule has 0 radical (unpaired) electrons. The zero-order valence-electron chi connectivity index (χ0n) is 6.26. The molecule has 1 rings (SSSR count). The number of amides is 1. The molecule has 2 nitrogen and oxygen atoms in total. The van der Waals surface area contributed by atoms with E-state index in [2.05, 4.69) is 0 Å². The van der Waals surface area contributed by atoms with Crippen LogP contribution in [0.1, 0.15) is 13.8 Å². The van der Waals surface area contributed by atoms with Crippen LogP contribution in [0, 0.1) is 0 Å². The summed E-state index contributed by atoms with van der Waals surface area (Å²) in [6, 6.07) is 0. The number of thioether (sulfide) groups is 1. The number of nitrogens with zero attached hydrogens (tertiary/aromatic N) is 1.